The minimum atomic E-state index is -1.06. The van der Waals surface area contributed by atoms with E-state index in [1.54, 1.807) is 36.4 Å². The minimum Gasteiger partial charge on any atom is -0.494 e. The van der Waals surface area contributed by atoms with Gasteiger partial charge < -0.3 is 10.1 Å². The number of nitrogens with one attached hydrogen (secondary N) is 1. The molecule has 2 amide bonds. The molecule has 1 N–H and O–H groups in total. The zero-order chi connectivity index (χ0) is 24.4. The van der Waals surface area contributed by atoms with E-state index in [2.05, 4.69) is 5.32 Å². The first kappa shape index (κ1) is 23.2. The van der Waals surface area contributed by atoms with Gasteiger partial charge in [-0.05, 0) is 73.4 Å². The second-order valence-corrected chi connectivity index (χ2v) is 8.09. The lowest BCUT2D eigenvalue weighted by Crippen LogP contribution is -2.32. The Kier molecular flexibility index (Phi) is 6.45. The summed E-state index contributed by atoms with van der Waals surface area (Å²) in [5.74, 6) is -2.52. The van der Waals surface area contributed by atoms with Crippen LogP contribution in [0.1, 0.15) is 30.0 Å². The Morgan fingerprint density at radius 3 is 2.24 bits per heavy atom. The molecule has 0 aliphatic carbocycles. The van der Waals surface area contributed by atoms with Gasteiger partial charge in [0.25, 0.3) is 11.8 Å². The molecular formula is C27H24F2N2O3. The first-order valence-corrected chi connectivity index (χ1v) is 11.0. The smallest absolute Gasteiger partial charge is 0.282 e. The Bertz CT molecular complexity index is 1300. The van der Waals surface area contributed by atoms with E-state index in [0.717, 1.165) is 34.6 Å². The molecule has 0 bridgehead atoms. The molecule has 4 rings (SSSR count). The van der Waals surface area contributed by atoms with Crippen molar-refractivity contribution in [2.45, 2.75) is 27.2 Å². The molecule has 174 valence electrons. The van der Waals surface area contributed by atoms with Crippen molar-refractivity contribution in [1.82, 2.24) is 0 Å². The lowest BCUT2D eigenvalue weighted by Gasteiger charge is -2.17. The third-order valence-corrected chi connectivity index (χ3v) is 5.64. The Morgan fingerprint density at radius 1 is 0.853 bits per heavy atom. The van der Waals surface area contributed by atoms with E-state index in [-0.39, 0.29) is 17.0 Å². The number of benzene rings is 3. The van der Waals surface area contributed by atoms with Crippen LogP contribution in [0.5, 0.6) is 5.75 Å². The van der Waals surface area contributed by atoms with Crippen molar-refractivity contribution in [3.8, 4) is 5.75 Å². The average Bonchev–Trinajstić information content (AvgIpc) is 3.06. The van der Waals surface area contributed by atoms with Crippen molar-refractivity contribution in [3.05, 3.63) is 94.7 Å². The largest absolute Gasteiger partial charge is 0.494 e. The van der Waals surface area contributed by atoms with Gasteiger partial charge in [0.15, 0.2) is 11.6 Å². The molecule has 1 aliphatic heterocycles. The Hall–Kier alpha value is -4.00. The summed E-state index contributed by atoms with van der Waals surface area (Å²) in [5, 5.41) is 2.84. The van der Waals surface area contributed by atoms with Gasteiger partial charge in [0.2, 0.25) is 0 Å². The summed E-state index contributed by atoms with van der Waals surface area (Å²) in [6.45, 7) is 6.39. The lowest BCUT2D eigenvalue weighted by atomic mass is 10.0. The standard InChI is InChI=1S/C27H24F2N2O3/c1-4-13-34-21-10-6-18(7-11-21)24-25(30-19-8-12-22(28)23(29)15-19)27(33)31(26(24)32)20-9-5-16(2)17(3)14-20/h5-12,14-15,30H,4,13H2,1-3H3. The predicted molar refractivity (Wildman–Crippen MR) is 128 cm³/mol. The summed E-state index contributed by atoms with van der Waals surface area (Å²) in [7, 11) is 0. The van der Waals surface area contributed by atoms with Crippen molar-refractivity contribution in [2.75, 3.05) is 16.8 Å². The molecule has 3 aromatic carbocycles. The van der Waals surface area contributed by atoms with Crippen LogP contribution in [0.4, 0.5) is 20.2 Å². The van der Waals surface area contributed by atoms with Crippen LogP contribution in [0.15, 0.2) is 66.4 Å². The maximum absolute atomic E-state index is 13.8. The van der Waals surface area contributed by atoms with Crippen LogP contribution in [0, 0.1) is 25.5 Å². The molecule has 3 aromatic rings. The SMILES string of the molecule is CCCOc1ccc(C2=C(Nc3ccc(F)c(F)c3)C(=O)N(c3ccc(C)c(C)c3)C2=O)cc1. The number of rotatable bonds is 7. The first-order valence-electron chi connectivity index (χ1n) is 11.0. The van der Waals surface area contributed by atoms with Crippen LogP contribution < -0.4 is 15.0 Å². The van der Waals surface area contributed by atoms with Gasteiger partial charge in [-0.25, -0.2) is 13.7 Å². The number of ether oxygens (including phenoxy) is 1. The van der Waals surface area contributed by atoms with E-state index in [0.29, 0.717) is 23.6 Å². The zero-order valence-electron chi connectivity index (χ0n) is 19.1. The maximum Gasteiger partial charge on any atom is 0.282 e. The molecule has 0 saturated carbocycles. The zero-order valence-corrected chi connectivity index (χ0v) is 19.1. The number of amides is 2. The van der Waals surface area contributed by atoms with Gasteiger partial charge in [0.1, 0.15) is 11.4 Å². The van der Waals surface area contributed by atoms with Crippen molar-refractivity contribution < 1.29 is 23.1 Å². The highest BCUT2D eigenvalue weighted by Gasteiger charge is 2.40. The number of carbonyl (C=O) groups is 2. The molecule has 0 saturated heterocycles. The van der Waals surface area contributed by atoms with E-state index in [9.17, 15) is 18.4 Å². The monoisotopic (exact) mass is 462 g/mol. The number of imide groups is 1. The Labute approximate surface area is 196 Å². The second kappa shape index (κ2) is 9.47. The van der Waals surface area contributed by atoms with Crippen LogP contribution in [-0.2, 0) is 9.59 Å². The van der Waals surface area contributed by atoms with Gasteiger partial charge in [0.05, 0.1) is 17.9 Å². The molecule has 0 fully saturated rings. The molecule has 0 aromatic heterocycles. The number of carbonyl (C=O) groups excluding carboxylic acids is 2. The first-order chi connectivity index (χ1) is 16.3. The summed E-state index contributed by atoms with van der Waals surface area (Å²) in [6, 6.07) is 15.4. The molecule has 0 spiro atoms. The van der Waals surface area contributed by atoms with E-state index < -0.39 is 23.4 Å². The van der Waals surface area contributed by atoms with E-state index in [4.69, 9.17) is 4.74 Å². The van der Waals surface area contributed by atoms with Crippen molar-refractivity contribution in [3.63, 3.8) is 0 Å². The average molecular weight is 462 g/mol. The maximum atomic E-state index is 13.8. The van der Waals surface area contributed by atoms with E-state index in [1.807, 2.05) is 26.8 Å². The van der Waals surface area contributed by atoms with Gasteiger partial charge in [-0.2, -0.15) is 0 Å². The predicted octanol–water partition coefficient (Wildman–Crippen LogP) is 5.77. The number of aryl methyl sites for hydroxylation is 2. The number of halogens is 2. The summed E-state index contributed by atoms with van der Waals surface area (Å²) in [5.41, 5.74) is 3.15. The molecule has 0 atom stereocenters. The number of hydrogen-bond donors (Lipinski definition) is 1. The highest BCUT2D eigenvalue weighted by atomic mass is 19.2. The van der Waals surface area contributed by atoms with Crippen LogP contribution in [0.2, 0.25) is 0 Å². The molecule has 7 heteroatoms. The van der Waals surface area contributed by atoms with Crippen LogP contribution in [0.3, 0.4) is 0 Å². The van der Waals surface area contributed by atoms with Gasteiger partial charge in [0, 0.05) is 11.8 Å². The fourth-order valence-electron chi connectivity index (χ4n) is 3.67. The summed E-state index contributed by atoms with van der Waals surface area (Å²) < 4.78 is 32.8. The fourth-order valence-corrected chi connectivity index (χ4v) is 3.67. The van der Waals surface area contributed by atoms with Crippen LogP contribution in [-0.4, -0.2) is 18.4 Å². The van der Waals surface area contributed by atoms with Crippen LogP contribution >= 0.6 is 0 Å². The van der Waals surface area contributed by atoms with Crippen LogP contribution in [0.25, 0.3) is 5.57 Å². The molecule has 34 heavy (non-hydrogen) atoms. The van der Waals surface area contributed by atoms with Crippen molar-refractivity contribution in [2.24, 2.45) is 0 Å². The molecule has 1 heterocycles. The highest BCUT2D eigenvalue weighted by Crippen LogP contribution is 2.35. The van der Waals surface area contributed by atoms with Gasteiger partial charge in [-0.15, -0.1) is 0 Å². The van der Waals surface area contributed by atoms with Crippen molar-refractivity contribution in [1.29, 1.82) is 0 Å². The second-order valence-electron chi connectivity index (χ2n) is 8.09. The topological polar surface area (TPSA) is 58.6 Å². The highest BCUT2D eigenvalue weighted by molar-refractivity contribution is 6.46. The summed E-state index contributed by atoms with van der Waals surface area (Å²) in [6.07, 6.45) is 0.854. The molecular weight excluding hydrogens is 438 g/mol. The summed E-state index contributed by atoms with van der Waals surface area (Å²) in [4.78, 5) is 28.1. The number of hydrogen-bond acceptors (Lipinski definition) is 4. The third-order valence-electron chi connectivity index (χ3n) is 5.64. The third kappa shape index (κ3) is 4.41. The Balaban J connectivity index is 1.78. The minimum absolute atomic E-state index is 0.0172. The fraction of sp³-hybridized carbons (Fsp3) is 0.185. The molecule has 0 radical (unpaired) electrons. The van der Waals surface area contributed by atoms with Gasteiger partial charge >= 0.3 is 0 Å². The number of nitrogens with zero attached hydrogens (tertiary/aromatic N) is 1. The number of anilines is 2. The summed E-state index contributed by atoms with van der Waals surface area (Å²) >= 11 is 0. The van der Waals surface area contributed by atoms with Crippen molar-refractivity contribution >= 4 is 28.8 Å². The Morgan fingerprint density at radius 2 is 1.59 bits per heavy atom. The molecule has 5 nitrogen and oxygen atoms in total. The van der Waals surface area contributed by atoms with E-state index in [1.165, 1.54) is 6.07 Å². The quantitative estimate of drug-likeness (QED) is 0.453. The molecule has 0 unspecified atom stereocenters. The van der Waals surface area contributed by atoms with Gasteiger partial charge in [-0.3, -0.25) is 9.59 Å². The lowest BCUT2D eigenvalue weighted by molar-refractivity contribution is -0.120. The van der Waals surface area contributed by atoms with Gasteiger partial charge in [-0.1, -0.05) is 25.1 Å². The molecule has 1 aliphatic rings. The normalized spacial score (nSPS) is 13.6. The van der Waals surface area contributed by atoms with E-state index >= 15 is 0 Å².